The van der Waals surface area contributed by atoms with E-state index in [-0.39, 0.29) is 18.4 Å². The van der Waals surface area contributed by atoms with Gasteiger partial charge in [-0.2, -0.15) is 0 Å². The molecule has 1 aromatic rings. The van der Waals surface area contributed by atoms with Crippen molar-refractivity contribution in [1.82, 2.24) is 4.90 Å². The van der Waals surface area contributed by atoms with Crippen LogP contribution in [0.15, 0.2) is 30.3 Å². The lowest BCUT2D eigenvalue weighted by atomic mass is 9.96. The first-order chi connectivity index (χ1) is 9.90. The van der Waals surface area contributed by atoms with Gasteiger partial charge in [-0.25, -0.2) is 0 Å². The lowest BCUT2D eigenvalue weighted by molar-refractivity contribution is -0.144. The van der Waals surface area contributed by atoms with Crippen LogP contribution >= 0.6 is 0 Å². The fraction of sp³-hybridized carbons (Fsp3) is 0.529. The quantitative estimate of drug-likeness (QED) is 0.800. The van der Waals surface area contributed by atoms with E-state index >= 15 is 0 Å². The molecule has 1 unspecified atom stereocenters. The van der Waals surface area contributed by atoms with E-state index in [1.165, 1.54) is 10.5 Å². The summed E-state index contributed by atoms with van der Waals surface area (Å²) >= 11 is 0. The maximum Gasteiger partial charge on any atom is 0.323 e. The zero-order valence-corrected chi connectivity index (χ0v) is 13.1. The lowest BCUT2D eigenvalue weighted by Gasteiger charge is -2.23. The molecule has 4 heteroatoms. The maximum absolute atomic E-state index is 12.2. The second-order valence-corrected chi connectivity index (χ2v) is 5.91. The van der Waals surface area contributed by atoms with Gasteiger partial charge >= 0.3 is 5.97 Å². The van der Waals surface area contributed by atoms with Crippen LogP contribution in [0.5, 0.6) is 0 Å². The molecule has 0 aliphatic heterocycles. The molecule has 1 atom stereocenters. The van der Waals surface area contributed by atoms with Crippen LogP contribution in [0, 0.1) is 5.92 Å². The van der Waals surface area contributed by atoms with Crippen molar-refractivity contribution in [1.29, 1.82) is 0 Å². The van der Waals surface area contributed by atoms with E-state index in [4.69, 9.17) is 5.11 Å². The van der Waals surface area contributed by atoms with E-state index in [2.05, 4.69) is 19.1 Å². The maximum atomic E-state index is 12.2. The van der Waals surface area contributed by atoms with Crippen LogP contribution in [0.4, 0.5) is 0 Å². The Morgan fingerprint density at radius 3 is 2.29 bits per heavy atom. The van der Waals surface area contributed by atoms with Crippen LogP contribution in [0.2, 0.25) is 0 Å². The molecule has 0 heterocycles. The molecule has 1 rings (SSSR count). The third-order valence-corrected chi connectivity index (χ3v) is 3.42. The van der Waals surface area contributed by atoms with Gasteiger partial charge in [0.2, 0.25) is 5.91 Å². The average molecular weight is 291 g/mol. The number of carbonyl (C=O) groups is 2. The van der Waals surface area contributed by atoms with E-state index in [0.29, 0.717) is 18.9 Å². The lowest BCUT2D eigenvalue weighted by Crippen LogP contribution is -2.38. The van der Waals surface area contributed by atoms with E-state index < -0.39 is 5.97 Å². The number of hydrogen-bond acceptors (Lipinski definition) is 2. The number of hydrogen-bond donors (Lipinski definition) is 1. The highest BCUT2D eigenvalue weighted by Gasteiger charge is 2.18. The van der Waals surface area contributed by atoms with Gasteiger partial charge in [0.1, 0.15) is 6.54 Å². The summed E-state index contributed by atoms with van der Waals surface area (Å²) in [6.07, 6.45) is 1.12. The Hall–Kier alpha value is -1.84. The van der Waals surface area contributed by atoms with Gasteiger partial charge in [0.05, 0.1) is 0 Å². The standard InChI is InChI=1S/C17H25NO3/c1-13(2)11-18(12-17(20)21)16(19)10-9-14(3)15-7-5-4-6-8-15/h4-8,13-14H,9-12H2,1-3H3,(H,20,21). The molecule has 0 aromatic heterocycles. The first-order valence-corrected chi connectivity index (χ1v) is 7.44. The molecule has 0 aliphatic rings. The molecule has 0 bridgehead atoms. The number of rotatable bonds is 8. The van der Waals surface area contributed by atoms with Crippen molar-refractivity contribution in [2.75, 3.05) is 13.1 Å². The number of amides is 1. The highest BCUT2D eigenvalue weighted by atomic mass is 16.4. The summed E-state index contributed by atoms with van der Waals surface area (Å²) in [4.78, 5) is 24.5. The zero-order valence-electron chi connectivity index (χ0n) is 13.1. The predicted octanol–water partition coefficient (Wildman–Crippen LogP) is 3.14. The van der Waals surface area contributed by atoms with Crippen LogP contribution in [0.1, 0.15) is 45.1 Å². The van der Waals surface area contributed by atoms with Crippen LogP contribution in [0.3, 0.4) is 0 Å². The van der Waals surface area contributed by atoms with Crippen LogP contribution < -0.4 is 0 Å². The second kappa shape index (κ2) is 8.45. The SMILES string of the molecule is CC(C)CN(CC(=O)O)C(=O)CCC(C)c1ccccc1. The van der Waals surface area contributed by atoms with E-state index in [9.17, 15) is 9.59 Å². The Morgan fingerprint density at radius 2 is 1.76 bits per heavy atom. The van der Waals surface area contributed by atoms with Gasteiger partial charge in [-0.05, 0) is 23.8 Å². The first-order valence-electron chi connectivity index (χ1n) is 7.44. The fourth-order valence-electron chi connectivity index (χ4n) is 2.30. The Balaban J connectivity index is 2.54. The highest BCUT2D eigenvalue weighted by Crippen LogP contribution is 2.20. The molecule has 0 spiro atoms. The molecule has 0 saturated heterocycles. The number of carboxylic acids is 1. The molecular weight excluding hydrogens is 266 g/mol. The molecule has 116 valence electrons. The normalized spacial score (nSPS) is 12.2. The minimum atomic E-state index is -0.958. The van der Waals surface area contributed by atoms with E-state index in [1.54, 1.807) is 0 Å². The summed E-state index contributed by atoms with van der Waals surface area (Å²) in [5.74, 6) is -0.477. The number of carboxylic acid groups (broad SMARTS) is 1. The zero-order chi connectivity index (χ0) is 15.8. The molecule has 21 heavy (non-hydrogen) atoms. The van der Waals surface area contributed by atoms with Crippen molar-refractivity contribution in [2.24, 2.45) is 5.92 Å². The van der Waals surface area contributed by atoms with Crippen LogP contribution in [-0.4, -0.2) is 35.0 Å². The third kappa shape index (κ3) is 6.43. The van der Waals surface area contributed by atoms with Gasteiger partial charge in [0, 0.05) is 13.0 Å². The summed E-state index contributed by atoms with van der Waals surface area (Å²) in [6, 6.07) is 10.1. The van der Waals surface area contributed by atoms with Gasteiger partial charge in [-0.1, -0.05) is 51.1 Å². The molecule has 0 radical (unpaired) electrons. The molecule has 1 amide bonds. The Bertz CT molecular complexity index is 456. The molecule has 4 nitrogen and oxygen atoms in total. The van der Waals surface area contributed by atoms with Crippen molar-refractivity contribution in [3.63, 3.8) is 0 Å². The van der Waals surface area contributed by atoms with Crippen molar-refractivity contribution >= 4 is 11.9 Å². The molecule has 1 aromatic carbocycles. The van der Waals surface area contributed by atoms with Crippen molar-refractivity contribution in [3.8, 4) is 0 Å². The summed E-state index contributed by atoms with van der Waals surface area (Å²) in [5.41, 5.74) is 1.21. The molecular formula is C17H25NO3. The minimum Gasteiger partial charge on any atom is -0.480 e. The fourth-order valence-corrected chi connectivity index (χ4v) is 2.30. The van der Waals surface area contributed by atoms with E-state index in [1.807, 2.05) is 32.0 Å². The van der Waals surface area contributed by atoms with Gasteiger partial charge in [0.15, 0.2) is 0 Å². The minimum absolute atomic E-state index is 0.0751. The number of carbonyl (C=O) groups excluding carboxylic acids is 1. The molecule has 1 N–H and O–H groups in total. The molecule has 0 saturated carbocycles. The van der Waals surface area contributed by atoms with Crippen molar-refractivity contribution < 1.29 is 14.7 Å². The number of nitrogens with zero attached hydrogens (tertiary/aromatic N) is 1. The van der Waals surface area contributed by atoms with Crippen molar-refractivity contribution in [2.45, 2.75) is 39.5 Å². The first kappa shape index (κ1) is 17.2. The van der Waals surface area contributed by atoms with Crippen LogP contribution in [0.25, 0.3) is 0 Å². The predicted molar refractivity (Wildman–Crippen MR) is 83.1 cm³/mol. The summed E-state index contributed by atoms with van der Waals surface area (Å²) in [6.45, 7) is 6.33. The number of aliphatic carboxylic acids is 1. The van der Waals surface area contributed by atoms with Crippen molar-refractivity contribution in [3.05, 3.63) is 35.9 Å². The number of benzene rings is 1. The van der Waals surface area contributed by atoms with Crippen LogP contribution in [-0.2, 0) is 9.59 Å². The molecule has 0 aliphatic carbocycles. The van der Waals surface area contributed by atoms with Gasteiger partial charge in [0.25, 0.3) is 0 Å². The Morgan fingerprint density at radius 1 is 1.14 bits per heavy atom. The Labute approximate surface area is 126 Å². The van der Waals surface area contributed by atoms with Gasteiger partial charge < -0.3 is 10.0 Å². The third-order valence-electron chi connectivity index (χ3n) is 3.42. The largest absolute Gasteiger partial charge is 0.480 e. The van der Waals surface area contributed by atoms with E-state index in [0.717, 1.165) is 6.42 Å². The van der Waals surface area contributed by atoms with Gasteiger partial charge in [-0.3, -0.25) is 9.59 Å². The summed E-state index contributed by atoms with van der Waals surface area (Å²) in [5, 5.41) is 8.91. The monoisotopic (exact) mass is 291 g/mol. The average Bonchev–Trinajstić information content (AvgIpc) is 2.43. The topological polar surface area (TPSA) is 57.6 Å². The Kier molecular flexibility index (Phi) is 6.92. The highest BCUT2D eigenvalue weighted by molar-refractivity contribution is 5.81. The molecule has 0 fully saturated rings. The van der Waals surface area contributed by atoms with Gasteiger partial charge in [-0.15, -0.1) is 0 Å². The second-order valence-electron chi connectivity index (χ2n) is 5.91. The summed E-state index contributed by atoms with van der Waals surface area (Å²) < 4.78 is 0. The smallest absolute Gasteiger partial charge is 0.323 e. The summed E-state index contributed by atoms with van der Waals surface area (Å²) in [7, 11) is 0.